The molecule has 0 bridgehead atoms. The number of fused-ring (bicyclic) bond motifs is 1. The fourth-order valence-electron chi connectivity index (χ4n) is 2.28. The molecule has 0 unspecified atom stereocenters. The molecule has 0 fully saturated rings. The van der Waals surface area contributed by atoms with Crippen LogP contribution in [-0.2, 0) is 6.54 Å². The van der Waals surface area contributed by atoms with Gasteiger partial charge in [0.15, 0.2) is 0 Å². The summed E-state index contributed by atoms with van der Waals surface area (Å²) in [5.74, 6) is 1.81. The third kappa shape index (κ3) is 2.87. The Balaban J connectivity index is 1.95. The summed E-state index contributed by atoms with van der Waals surface area (Å²) in [6.07, 6.45) is 1.61. The molecular formula is C15H14BrN3OS. The average molecular weight is 364 g/mol. The molecule has 1 aromatic carbocycles. The molecule has 2 heterocycles. The summed E-state index contributed by atoms with van der Waals surface area (Å²) >= 11 is 5.13. The van der Waals surface area contributed by atoms with E-state index in [0.717, 1.165) is 31.8 Å². The van der Waals surface area contributed by atoms with Gasteiger partial charge in [0, 0.05) is 23.6 Å². The Morgan fingerprint density at radius 1 is 1.29 bits per heavy atom. The quantitative estimate of drug-likeness (QED) is 0.699. The van der Waals surface area contributed by atoms with Crippen LogP contribution in [0.1, 0.15) is 5.56 Å². The van der Waals surface area contributed by atoms with Crippen molar-refractivity contribution in [3.05, 3.63) is 46.0 Å². The molecule has 0 spiro atoms. The lowest BCUT2D eigenvalue weighted by molar-refractivity contribution is 0.409. The van der Waals surface area contributed by atoms with Gasteiger partial charge in [-0.3, -0.25) is 0 Å². The van der Waals surface area contributed by atoms with Crippen molar-refractivity contribution in [1.29, 1.82) is 0 Å². The maximum atomic E-state index is 5.43. The second-order valence-corrected chi connectivity index (χ2v) is 6.46. The van der Waals surface area contributed by atoms with Gasteiger partial charge in [0.25, 0.3) is 0 Å². The van der Waals surface area contributed by atoms with Gasteiger partial charge in [-0.25, -0.2) is 9.97 Å². The van der Waals surface area contributed by atoms with Crippen molar-refractivity contribution in [1.82, 2.24) is 9.97 Å². The van der Waals surface area contributed by atoms with E-state index >= 15 is 0 Å². The lowest BCUT2D eigenvalue weighted by atomic mass is 10.2. The minimum Gasteiger partial charge on any atom is -0.496 e. The number of nitrogens with zero attached hydrogens (tertiary/aromatic N) is 3. The van der Waals surface area contributed by atoms with Crippen LogP contribution in [-0.4, -0.2) is 24.1 Å². The molecule has 0 radical (unpaired) electrons. The number of aromatic nitrogens is 2. The zero-order valence-electron chi connectivity index (χ0n) is 11.7. The Labute approximate surface area is 135 Å². The number of thiophene rings is 1. The van der Waals surface area contributed by atoms with Gasteiger partial charge in [-0.15, -0.1) is 11.3 Å². The number of ether oxygens (including phenoxy) is 1. The number of hydrogen-bond acceptors (Lipinski definition) is 5. The summed E-state index contributed by atoms with van der Waals surface area (Å²) in [5.41, 5.74) is 1.11. The first-order valence-corrected chi connectivity index (χ1v) is 8.08. The summed E-state index contributed by atoms with van der Waals surface area (Å²) in [6.45, 7) is 0.713. The second kappa shape index (κ2) is 5.99. The Morgan fingerprint density at radius 2 is 2.14 bits per heavy atom. The lowest BCUT2D eigenvalue weighted by Crippen LogP contribution is -2.18. The number of benzene rings is 1. The molecule has 0 aliphatic heterocycles. The van der Waals surface area contributed by atoms with Gasteiger partial charge in [0.05, 0.1) is 12.5 Å². The van der Waals surface area contributed by atoms with Crippen molar-refractivity contribution in [2.24, 2.45) is 0 Å². The van der Waals surface area contributed by atoms with Gasteiger partial charge in [0.1, 0.15) is 22.7 Å². The largest absolute Gasteiger partial charge is 0.496 e. The zero-order chi connectivity index (χ0) is 14.8. The number of hydrogen-bond donors (Lipinski definition) is 0. The van der Waals surface area contributed by atoms with Crippen molar-refractivity contribution in [3.8, 4) is 5.75 Å². The van der Waals surface area contributed by atoms with Crippen molar-refractivity contribution in [2.75, 3.05) is 19.1 Å². The Bertz CT molecular complexity index is 774. The highest BCUT2D eigenvalue weighted by Gasteiger charge is 2.12. The normalized spacial score (nSPS) is 10.8. The third-order valence-electron chi connectivity index (χ3n) is 3.25. The lowest BCUT2D eigenvalue weighted by Gasteiger charge is -2.20. The molecule has 4 nitrogen and oxygen atoms in total. The monoisotopic (exact) mass is 363 g/mol. The first-order valence-electron chi connectivity index (χ1n) is 6.41. The second-order valence-electron chi connectivity index (χ2n) is 4.65. The predicted molar refractivity (Wildman–Crippen MR) is 90.2 cm³/mol. The van der Waals surface area contributed by atoms with Crippen LogP contribution in [0, 0.1) is 0 Å². The van der Waals surface area contributed by atoms with E-state index in [-0.39, 0.29) is 0 Å². The van der Waals surface area contributed by atoms with Gasteiger partial charge >= 0.3 is 0 Å². The molecule has 108 valence electrons. The molecule has 0 N–H and O–H groups in total. The highest BCUT2D eigenvalue weighted by atomic mass is 79.9. The summed E-state index contributed by atoms with van der Waals surface area (Å²) < 4.78 is 6.47. The van der Waals surface area contributed by atoms with E-state index in [2.05, 4.69) is 42.9 Å². The number of rotatable bonds is 4. The Kier molecular flexibility index (Phi) is 4.07. The average Bonchev–Trinajstić information content (AvgIpc) is 2.95. The Morgan fingerprint density at radius 3 is 2.95 bits per heavy atom. The van der Waals surface area contributed by atoms with Crippen LogP contribution < -0.4 is 9.64 Å². The van der Waals surface area contributed by atoms with Crippen molar-refractivity contribution < 1.29 is 4.74 Å². The predicted octanol–water partition coefficient (Wildman–Crippen LogP) is 4.10. The van der Waals surface area contributed by atoms with E-state index in [1.807, 2.05) is 24.6 Å². The molecule has 0 aliphatic rings. The number of halogens is 1. The minimum absolute atomic E-state index is 0.713. The van der Waals surface area contributed by atoms with Crippen LogP contribution in [0.2, 0.25) is 0 Å². The highest BCUT2D eigenvalue weighted by Crippen LogP contribution is 2.29. The van der Waals surface area contributed by atoms with Crippen LogP contribution in [0.25, 0.3) is 10.2 Å². The van der Waals surface area contributed by atoms with Crippen molar-refractivity contribution in [3.63, 3.8) is 0 Å². The SMILES string of the molecule is COc1ccc(Br)cc1CN(C)c1ncnc2sccc12. The molecule has 0 saturated heterocycles. The van der Waals surface area contributed by atoms with E-state index in [0.29, 0.717) is 6.54 Å². The van der Waals surface area contributed by atoms with Gasteiger partial charge < -0.3 is 9.64 Å². The molecule has 0 saturated carbocycles. The van der Waals surface area contributed by atoms with Gasteiger partial charge in [-0.05, 0) is 29.6 Å². The van der Waals surface area contributed by atoms with Crippen LogP contribution >= 0.6 is 27.3 Å². The zero-order valence-corrected chi connectivity index (χ0v) is 14.1. The molecule has 6 heteroatoms. The summed E-state index contributed by atoms with van der Waals surface area (Å²) in [6, 6.07) is 8.07. The van der Waals surface area contributed by atoms with Gasteiger partial charge in [-0.2, -0.15) is 0 Å². The summed E-state index contributed by atoms with van der Waals surface area (Å²) in [7, 11) is 3.72. The van der Waals surface area contributed by atoms with E-state index in [1.165, 1.54) is 0 Å². The number of methoxy groups -OCH3 is 1. The van der Waals surface area contributed by atoms with Crippen LogP contribution in [0.3, 0.4) is 0 Å². The molecule has 21 heavy (non-hydrogen) atoms. The maximum absolute atomic E-state index is 5.43. The van der Waals surface area contributed by atoms with E-state index in [9.17, 15) is 0 Å². The molecule has 3 rings (SSSR count). The number of anilines is 1. The van der Waals surface area contributed by atoms with Crippen molar-refractivity contribution >= 4 is 43.3 Å². The molecule has 3 aromatic rings. The summed E-state index contributed by atoms with van der Waals surface area (Å²) in [4.78, 5) is 11.8. The fraction of sp³-hybridized carbons (Fsp3) is 0.200. The van der Waals surface area contributed by atoms with Crippen LogP contribution in [0.5, 0.6) is 5.75 Å². The van der Waals surface area contributed by atoms with Gasteiger partial charge in [0.2, 0.25) is 0 Å². The maximum Gasteiger partial charge on any atom is 0.140 e. The first-order chi connectivity index (χ1) is 10.2. The van der Waals surface area contributed by atoms with Crippen molar-refractivity contribution in [2.45, 2.75) is 6.54 Å². The van der Waals surface area contributed by atoms with Gasteiger partial charge in [-0.1, -0.05) is 15.9 Å². The molecule has 0 amide bonds. The Hall–Kier alpha value is -1.66. The molecule has 0 aliphatic carbocycles. The summed E-state index contributed by atoms with van der Waals surface area (Å²) in [5, 5.41) is 3.12. The highest BCUT2D eigenvalue weighted by molar-refractivity contribution is 9.10. The van der Waals surface area contributed by atoms with E-state index in [1.54, 1.807) is 24.8 Å². The standard InChI is InChI=1S/C15H14BrN3OS/c1-19(8-10-7-11(16)3-4-13(10)20-2)14-12-5-6-21-15(12)18-9-17-14/h3-7,9H,8H2,1-2H3. The van der Waals surface area contributed by atoms with Crippen LogP contribution in [0.15, 0.2) is 40.4 Å². The van der Waals surface area contributed by atoms with E-state index in [4.69, 9.17) is 4.74 Å². The van der Waals surface area contributed by atoms with Crippen LogP contribution in [0.4, 0.5) is 5.82 Å². The molecule has 2 aromatic heterocycles. The smallest absolute Gasteiger partial charge is 0.140 e. The fourth-order valence-corrected chi connectivity index (χ4v) is 3.42. The third-order valence-corrected chi connectivity index (χ3v) is 4.57. The van der Waals surface area contributed by atoms with E-state index < -0.39 is 0 Å². The molecular weight excluding hydrogens is 350 g/mol. The topological polar surface area (TPSA) is 38.2 Å². The first kappa shape index (κ1) is 14.3. The molecule has 0 atom stereocenters. The minimum atomic E-state index is 0.713.